The molecule has 2 bridgehead atoms. The van der Waals surface area contributed by atoms with Crippen molar-refractivity contribution in [2.24, 2.45) is 23.7 Å². The molecule has 0 saturated heterocycles. The van der Waals surface area contributed by atoms with Crippen LogP contribution >= 0.6 is 0 Å². The summed E-state index contributed by atoms with van der Waals surface area (Å²) in [4.78, 5) is 32.9. The molecule has 130 valence electrons. The molecule has 1 aromatic rings. The maximum absolute atomic E-state index is 12.5. The van der Waals surface area contributed by atoms with Crippen LogP contribution in [0, 0.1) is 43.9 Å². The molecular weight excluding hydrogens is 328 g/mol. The molecule has 3 aliphatic rings. The van der Waals surface area contributed by atoms with Crippen molar-refractivity contribution in [3.63, 3.8) is 0 Å². The molecular formula is C17H16N2O6. The van der Waals surface area contributed by atoms with Crippen LogP contribution in [0.15, 0.2) is 30.4 Å². The van der Waals surface area contributed by atoms with Gasteiger partial charge < -0.3 is 4.74 Å². The highest BCUT2D eigenvalue weighted by atomic mass is 16.6. The van der Waals surface area contributed by atoms with Crippen molar-refractivity contribution in [3.8, 4) is 0 Å². The largest absolute Gasteiger partial charge is 0.458 e. The summed E-state index contributed by atoms with van der Waals surface area (Å²) < 4.78 is 5.62. The van der Waals surface area contributed by atoms with E-state index in [1.54, 1.807) is 0 Å². The third-order valence-corrected chi connectivity index (χ3v) is 5.72. The monoisotopic (exact) mass is 344 g/mol. The van der Waals surface area contributed by atoms with Crippen LogP contribution in [0.2, 0.25) is 0 Å². The highest BCUT2D eigenvalue weighted by Crippen LogP contribution is 2.56. The number of allylic oxidation sites excluding steroid dienone is 2. The predicted molar refractivity (Wildman–Crippen MR) is 85.9 cm³/mol. The first-order chi connectivity index (χ1) is 11.9. The van der Waals surface area contributed by atoms with E-state index in [2.05, 4.69) is 12.2 Å². The van der Waals surface area contributed by atoms with Gasteiger partial charge in [0.1, 0.15) is 6.10 Å². The van der Waals surface area contributed by atoms with Crippen LogP contribution in [0.4, 0.5) is 11.4 Å². The van der Waals surface area contributed by atoms with E-state index in [1.165, 1.54) is 0 Å². The van der Waals surface area contributed by atoms with E-state index >= 15 is 0 Å². The van der Waals surface area contributed by atoms with Crippen LogP contribution in [0.5, 0.6) is 0 Å². The van der Waals surface area contributed by atoms with Gasteiger partial charge in [-0.15, -0.1) is 0 Å². The number of rotatable bonds is 4. The summed E-state index contributed by atoms with van der Waals surface area (Å²) in [5.41, 5.74) is -1.13. The number of nitrogens with zero attached hydrogens (tertiary/aromatic N) is 2. The van der Waals surface area contributed by atoms with Crippen molar-refractivity contribution in [1.82, 2.24) is 0 Å². The van der Waals surface area contributed by atoms with E-state index in [1.807, 2.05) is 0 Å². The number of non-ortho nitro benzene ring substituents is 2. The van der Waals surface area contributed by atoms with Crippen molar-refractivity contribution in [2.75, 3.05) is 0 Å². The van der Waals surface area contributed by atoms with Gasteiger partial charge in [0.25, 0.3) is 11.4 Å². The lowest BCUT2D eigenvalue weighted by Crippen LogP contribution is -2.28. The Hall–Kier alpha value is -2.77. The van der Waals surface area contributed by atoms with E-state index < -0.39 is 27.2 Å². The number of ether oxygens (including phenoxy) is 1. The van der Waals surface area contributed by atoms with Gasteiger partial charge >= 0.3 is 5.97 Å². The fourth-order valence-corrected chi connectivity index (χ4v) is 4.74. The number of carbonyl (C=O) groups excluding carboxylic acids is 1. The molecule has 3 aliphatic carbocycles. The number of benzene rings is 1. The third kappa shape index (κ3) is 2.57. The van der Waals surface area contributed by atoms with Gasteiger partial charge in [0.15, 0.2) is 0 Å². The predicted octanol–water partition coefficient (Wildman–Crippen LogP) is 3.26. The number of nitro groups is 2. The van der Waals surface area contributed by atoms with Crippen LogP contribution in [-0.2, 0) is 4.74 Å². The standard InChI is InChI=1S/C17H16N2O6/c20-17(11-6-12(18(21)22)8-13(7-11)19(23)24)25-15-4-3-14-9-1-2-10(5-9)16(14)15/h1-2,6-10,14-16H,3-5H2/t9-,10+,14-,15-,16+/m0/s1. The number of fused-ring (bicyclic) bond motifs is 5. The zero-order chi connectivity index (χ0) is 17.7. The van der Waals surface area contributed by atoms with Crippen molar-refractivity contribution >= 4 is 17.3 Å². The second-order valence-electron chi connectivity index (χ2n) is 6.96. The minimum atomic E-state index is -0.754. The van der Waals surface area contributed by atoms with Gasteiger partial charge in [0.05, 0.1) is 21.5 Å². The lowest BCUT2D eigenvalue weighted by atomic mass is 9.85. The Bertz CT molecular complexity index is 772. The number of hydrogen-bond donors (Lipinski definition) is 0. The molecule has 25 heavy (non-hydrogen) atoms. The van der Waals surface area contributed by atoms with Crippen LogP contribution in [0.3, 0.4) is 0 Å². The molecule has 0 radical (unpaired) electrons. The maximum Gasteiger partial charge on any atom is 0.338 e. The number of nitro benzene ring substituents is 2. The Morgan fingerprint density at radius 3 is 2.28 bits per heavy atom. The fourth-order valence-electron chi connectivity index (χ4n) is 4.74. The van der Waals surface area contributed by atoms with Gasteiger partial charge in [0, 0.05) is 18.1 Å². The summed E-state index contributed by atoms with van der Waals surface area (Å²) in [6.45, 7) is 0. The first kappa shape index (κ1) is 15.7. The van der Waals surface area contributed by atoms with E-state index in [9.17, 15) is 25.0 Å². The zero-order valence-corrected chi connectivity index (χ0v) is 13.2. The highest BCUT2D eigenvalue weighted by molar-refractivity contribution is 5.91. The van der Waals surface area contributed by atoms with Gasteiger partial charge in [-0.05, 0) is 37.0 Å². The average molecular weight is 344 g/mol. The molecule has 0 heterocycles. The summed E-state index contributed by atoms with van der Waals surface area (Å²) >= 11 is 0. The highest BCUT2D eigenvalue weighted by Gasteiger charge is 2.52. The Morgan fingerprint density at radius 2 is 1.64 bits per heavy atom. The third-order valence-electron chi connectivity index (χ3n) is 5.72. The minimum absolute atomic E-state index is 0.150. The molecule has 0 amide bonds. The van der Waals surface area contributed by atoms with Crippen molar-refractivity contribution in [2.45, 2.75) is 25.4 Å². The summed E-state index contributed by atoms with van der Waals surface area (Å²) in [5.74, 6) is 1.09. The molecule has 4 rings (SSSR count). The minimum Gasteiger partial charge on any atom is -0.458 e. The first-order valence-electron chi connectivity index (χ1n) is 8.27. The molecule has 2 saturated carbocycles. The Morgan fingerprint density at radius 1 is 1.00 bits per heavy atom. The normalized spacial score (nSPS) is 31.8. The topological polar surface area (TPSA) is 113 Å². The lowest BCUT2D eigenvalue weighted by Gasteiger charge is -2.25. The number of carbonyl (C=O) groups is 1. The SMILES string of the molecule is O=C(O[C@H]1CC[C@@H]2[C@H]1[C@@H]1C=C[C@H]2C1)c1cc([N+](=O)[O-])cc([N+](=O)[O-])c1. The van der Waals surface area contributed by atoms with Crippen molar-refractivity contribution in [1.29, 1.82) is 0 Å². The van der Waals surface area contributed by atoms with Crippen molar-refractivity contribution in [3.05, 3.63) is 56.1 Å². The van der Waals surface area contributed by atoms with E-state index in [0.29, 0.717) is 23.7 Å². The second kappa shape index (κ2) is 5.65. The maximum atomic E-state index is 12.5. The zero-order valence-electron chi connectivity index (χ0n) is 13.2. The van der Waals surface area contributed by atoms with Gasteiger partial charge in [-0.3, -0.25) is 20.2 Å². The molecule has 1 aromatic carbocycles. The molecule has 8 heteroatoms. The summed E-state index contributed by atoms with van der Waals surface area (Å²) in [7, 11) is 0. The molecule has 0 spiro atoms. The van der Waals surface area contributed by atoms with Crippen LogP contribution < -0.4 is 0 Å². The molecule has 0 aliphatic heterocycles. The number of hydrogen-bond acceptors (Lipinski definition) is 6. The lowest BCUT2D eigenvalue weighted by molar-refractivity contribution is -0.394. The van der Waals surface area contributed by atoms with Gasteiger partial charge in [-0.1, -0.05) is 12.2 Å². The van der Waals surface area contributed by atoms with Gasteiger partial charge in [-0.2, -0.15) is 0 Å². The Balaban J connectivity index is 1.56. The molecule has 2 fully saturated rings. The van der Waals surface area contributed by atoms with Crippen LogP contribution in [-0.4, -0.2) is 21.9 Å². The van der Waals surface area contributed by atoms with E-state index in [4.69, 9.17) is 4.74 Å². The van der Waals surface area contributed by atoms with Crippen LogP contribution in [0.1, 0.15) is 29.6 Å². The summed E-state index contributed by atoms with van der Waals surface area (Å²) in [5, 5.41) is 21.9. The smallest absolute Gasteiger partial charge is 0.338 e. The molecule has 8 nitrogen and oxygen atoms in total. The molecule has 0 N–H and O–H groups in total. The quantitative estimate of drug-likeness (QED) is 0.358. The Kier molecular flexibility index (Phi) is 3.55. The van der Waals surface area contributed by atoms with Crippen molar-refractivity contribution < 1.29 is 19.4 Å². The van der Waals surface area contributed by atoms with Gasteiger partial charge in [-0.25, -0.2) is 4.79 Å². The average Bonchev–Trinajstić information content (AvgIpc) is 3.28. The van der Waals surface area contributed by atoms with E-state index in [0.717, 1.165) is 37.5 Å². The van der Waals surface area contributed by atoms with Gasteiger partial charge in [0.2, 0.25) is 0 Å². The number of esters is 1. The second-order valence-corrected chi connectivity index (χ2v) is 6.96. The fraction of sp³-hybridized carbons (Fsp3) is 0.471. The molecule has 5 atom stereocenters. The summed E-state index contributed by atoms with van der Waals surface area (Å²) in [6, 6.07) is 2.90. The summed E-state index contributed by atoms with van der Waals surface area (Å²) in [6.07, 6.45) is 7.09. The Labute approximate surface area is 142 Å². The van der Waals surface area contributed by atoms with Crippen LogP contribution in [0.25, 0.3) is 0 Å². The van der Waals surface area contributed by atoms with E-state index in [-0.39, 0.29) is 11.7 Å². The first-order valence-corrected chi connectivity index (χ1v) is 8.27. The molecule has 0 unspecified atom stereocenters. The molecule has 0 aromatic heterocycles.